The minimum Gasteiger partial charge on any atom is -0.486 e. The molecule has 35 heavy (non-hydrogen) atoms. The van der Waals surface area contributed by atoms with Gasteiger partial charge >= 0.3 is 0 Å². The highest BCUT2D eigenvalue weighted by Crippen LogP contribution is 2.26. The Morgan fingerprint density at radius 1 is 1.20 bits per heavy atom. The number of aliphatic hydroxyl groups excluding tert-OH is 1. The quantitative estimate of drug-likeness (QED) is 0.401. The summed E-state index contributed by atoms with van der Waals surface area (Å²) in [5.74, 6) is 1.53. The van der Waals surface area contributed by atoms with E-state index in [0.29, 0.717) is 43.4 Å². The summed E-state index contributed by atoms with van der Waals surface area (Å²) in [7, 11) is 0. The molecule has 184 valence electrons. The number of β-amino-alcohol motifs (C(OH)–C–C–N with tert-alkyl or cyclic N) is 1. The highest BCUT2D eigenvalue weighted by Gasteiger charge is 2.21. The molecule has 8 heteroatoms. The molecule has 0 amide bonds. The van der Waals surface area contributed by atoms with Crippen molar-refractivity contribution in [3.63, 3.8) is 0 Å². The molecule has 2 aromatic heterocycles. The molecule has 1 aliphatic heterocycles. The van der Waals surface area contributed by atoms with Crippen molar-refractivity contribution in [2.24, 2.45) is 0 Å². The van der Waals surface area contributed by atoms with Crippen molar-refractivity contribution < 1.29 is 19.1 Å². The molecule has 2 N–H and O–H groups in total. The molecule has 1 fully saturated rings. The van der Waals surface area contributed by atoms with Crippen molar-refractivity contribution in [2.75, 3.05) is 18.4 Å². The van der Waals surface area contributed by atoms with Crippen molar-refractivity contribution in [3.05, 3.63) is 71.7 Å². The molecular weight excluding hydrogens is 444 g/mol. The van der Waals surface area contributed by atoms with Crippen LogP contribution in [0.1, 0.15) is 59.3 Å². The average Bonchev–Trinajstić information content (AvgIpc) is 3.37. The van der Waals surface area contributed by atoms with Gasteiger partial charge in [0.15, 0.2) is 17.9 Å². The monoisotopic (exact) mass is 476 g/mol. The smallest absolute Gasteiger partial charge is 0.181 e. The van der Waals surface area contributed by atoms with Gasteiger partial charge in [0, 0.05) is 50.1 Å². The summed E-state index contributed by atoms with van der Waals surface area (Å²) in [5, 5.41) is 14.0. The van der Waals surface area contributed by atoms with Gasteiger partial charge in [-0.3, -0.25) is 14.7 Å². The van der Waals surface area contributed by atoms with Crippen LogP contribution in [0.4, 0.5) is 5.69 Å². The summed E-state index contributed by atoms with van der Waals surface area (Å²) in [4.78, 5) is 23.0. The summed E-state index contributed by atoms with van der Waals surface area (Å²) in [6.07, 6.45) is 11.1. The average molecular weight is 477 g/mol. The van der Waals surface area contributed by atoms with Gasteiger partial charge in [-0.1, -0.05) is 6.07 Å². The number of benzene rings is 1. The summed E-state index contributed by atoms with van der Waals surface area (Å²) in [6.45, 7) is 2.55. The molecule has 1 aromatic carbocycles. The maximum Gasteiger partial charge on any atom is 0.181 e. The topological polar surface area (TPSA) is 101 Å². The van der Waals surface area contributed by atoms with E-state index in [2.05, 4.69) is 32.3 Å². The third-order valence-corrected chi connectivity index (χ3v) is 6.84. The second-order valence-electron chi connectivity index (χ2n) is 9.52. The lowest BCUT2D eigenvalue weighted by Crippen LogP contribution is -2.36. The van der Waals surface area contributed by atoms with E-state index < -0.39 is 6.10 Å². The van der Waals surface area contributed by atoms with Crippen LogP contribution in [0.3, 0.4) is 0 Å². The molecule has 3 aromatic rings. The normalized spacial score (nSPS) is 16.8. The summed E-state index contributed by atoms with van der Waals surface area (Å²) >= 11 is 0. The molecule has 0 radical (unpaired) electrons. The number of nitrogens with zero attached hydrogens (tertiary/aromatic N) is 3. The van der Waals surface area contributed by atoms with Crippen LogP contribution in [-0.2, 0) is 19.6 Å². The number of nitrogens with one attached hydrogen (secondary N) is 1. The SMILES string of the molecule is O=C(CC[C@H](O)CN1CCc2cc(OCc3cnco3)ccc2C1)c1cncc(NC2CCC2)c1. The van der Waals surface area contributed by atoms with Gasteiger partial charge in [0.05, 0.1) is 18.0 Å². The minimum atomic E-state index is -0.547. The Hall–Kier alpha value is -3.23. The molecule has 3 heterocycles. The second-order valence-corrected chi connectivity index (χ2v) is 9.52. The maximum atomic E-state index is 12.7. The summed E-state index contributed by atoms with van der Waals surface area (Å²) in [5.41, 5.74) is 4.02. The molecule has 8 nitrogen and oxygen atoms in total. The van der Waals surface area contributed by atoms with E-state index in [1.54, 1.807) is 18.6 Å². The Morgan fingerprint density at radius 2 is 2.11 bits per heavy atom. The highest BCUT2D eigenvalue weighted by molar-refractivity contribution is 5.96. The Morgan fingerprint density at radius 3 is 2.91 bits per heavy atom. The number of hydrogen-bond donors (Lipinski definition) is 2. The lowest BCUT2D eigenvalue weighted by atomic mass is 9.93. The van der Waals surface area contributed by atoms with Crippen molar-refractivity contribution in [3.8, 4) is 5.75 Å². The number of hydrogen-bond acceptors (Lipinski definition) is 8. The fourth-order valence-electron chi connectivity index (χ4n) is 4.59. The number of Topliss-reactive ketones (excluding diaryl/α,β-unsaturated/α-hetero) is 1. The fraction of sp³-hybridized carbons (Fsp3) is 0.444. The van der Waals surface area contributed by atoms with Crippen molar-refractivity contribution >= 4 is 11.5 Å². The van der Waals surface area contributed by atoms with Gasteiger partial charge in [-0.05, 0) is 61.4 Å². The van der Waals surface area contributed by atoms with Crippen LogP contribution in [-0.4, -0.2) is 51.0 Å². The Kier molecular flexibility index (Phi) is 7.39. The summed E-state index contributed by atoms with van der Waals surface area (Å²) < 4.78 is 11.0. The van der Waals surface area contributed by atoms with Gasteiger partial charge in [-0.2, -0.15) is 0 Å². The number of aliphatic hydroxyl groups is 1. The van der Waals surface area contributed by atoms with E-state index >= 15 is 0 Å². The number of ketones is 1. The number of oxazole rings is 1. The van der Waals surface area contributed by atoms with Crippen LogP contribution >= 0.6 is 0 Å². The van der Waals surface area contributed by atoms with Gasteiger partial charge < -0.3 is 19.6 Å². The zero-order valence-electron chi connectivity index (χ0n) is 19.9. The first-order valence-corrected chi connectivity index (χ1v) is 12.4. The maximum absolute atomic E-state index is 12.7. The largest absolute Gasteiger partial charge is 0.486 e. The number of pyridine rings is 1. The van der Waals surface area contributed by atoms with E-state index in [0.717, 1.165) is 30.9 Å². The van der Waals surface area contributed by atoms with Gasteiger partial charge in [-0.25, -0.2) is 4.98 Å². The Labute approximate surface area is 205 Å². The highest BCUT2D eigenvalue weighted by atomic mass is 16.5. The van der Waals surface area contributed by atoms with E-state index in [1.807, 2.05) is 12.1 Å². The second kappa shape index (κ2) is 11.0. The molecular formula is C27H32N4O4. The third-order valence-electron chi connectivity index (χ3n) is 6.84. The van der Waals surface area contributed by atoms with Crippen LogP contribution in [0.5, 0.6) is 5.75 Å². The molecule has 1 atom stereocenters. The molecule has 5 rings (SSSR count). The molecule has 2 aliphatic rings. The van der Waals surface area contributed by atoms with Crippen LogP contribution in [0.15, 0.2) is 53.7 Å². The zero-order chi connectivity index (χ0) is 24.0. The van der Waals surface area contributed by atoms with Crippen LogP contribution in [0, 0.1) is 0 Å². The van der Waals surface area contributed by atoms with E-state index in [4.69, 9.17) is 9.15 Å². The van der Waals surface area contributed by atoms with E-state index in [1.165, 1.54) is 36.8 Å². The van der Waals surface area contributed by atoms with Crippen LogP contribution in [0.25, 0.3) is 0 Å². The lowest BCUT2D eigenvalue weighted by molar-refractivity contribution is 0.0836. The third kappa shape index (κ3) is 6.26. The molecule has 0 saturated heterocycles. The van der Waals surface area contributed by atoms with Crippen molar-refractivity contribution in [1.82, 2.24) is 14.9 Å². The number of fused-ring (bicyclic) bond motifs is 1. The Bertz CT molecular complexity index is 1130. The number of aromatic nitrogens is 2. The molecule has 0 unspecified atom stereocenters. The molecule has 0 spiro atoms. The first-order valence-electron chi connectivity index (χ1n) is 12.4. The van der Waals surface area contributed by atoms with Crippen LogP contribution < -0.4 is 10.1 Å². The predicted molar refractivity (Wildman–Crippen MR) is 131 cm³/mol. The number of carbonyl (C=O) groups is 1. The predicted octanol–water partition coefficient (Wildman–Crippen LogP) is 4.00. The van der Waals surface area contributed by atoms with Crippen molar-refractivity contribution in [2.45, 2.75) is 63.8 Å². The van der Waals surface area contributed by atoms with Gasteiger partial charge in [0.1, 0.15) is 12.4 Å². The summed E-state index contributed by atoms with van der Waals surface area (Å²) in [6, 6.07) is 8.52. The first kappa shape index (κ1) is 23.5. The van der Waals surface area contributed by atoms with E-state index in [-0.39, 0.29) is 5.78 Å². The number of carbonyl (C=O) groups excluding carboxylic acids is 1. The number of anilines is 1. The number of ether oxygens (including phenoxy) is 1. The minimum absolute atomic E-state index is 0.0238. The lowest BCUT2D eigenvalue weighted by Gasteiger charge is -2.30. The van der Waals surface area contributed by atoms with Crippen molar-refractivity contribution in [1.29, 1.82) is 0 Å². The number of rotatable bonds is 11. The standard InChI is InChI=1S/C27H32N4O4/c32-24(5-7-27(33)21-10-23(13-28-12-21)30-22-2-1-3-22)16-31-9-8-19-11-25(6-4-20(19)15-31)34-17-26-14-29-18-35-26/h4,6,10-14,18,22,24,30,32H,1-3,5,7-9,15-17H2/t24-/m0/s1. The molecule has 0 bridgehead atoms. The molecule has 1 saturated carbocycles. The van der Waals surface area contributed by atoms with E-state index in [9.17, 15) is 9.90 Å². The first-order chi connectivity index (χ1) is 17.1. The van der Waals surface area contributed by atoms with Gasteiger partial charge in [0.2, 0.25) is 0 Å². The molecule has 1 aliphatic carbocycles. The van der Waals surface area contributed by atoms with Gasteiger partial charge in [-0.15, -0.1) is 0 Å². The Balaban J connectivity index is 1.07. The fourth-order valence-corrected chi connectivity index (χ4v) is 4.59. The zero-order valence-corrected chi connectivity index (χ0v) is 19.9. The van der Waals surface area contributed by atoms with Crippen LogP contribution in [0.2, 0.25) is 0 Å². The van der Waals surface area contributed by atoms with Gasteiger partial charge in [0.25, 0.3) is 0 Å².